The smallest absolute Gasteiger partial charge is 0.599 e. The molecule has 1 aliphatic rings. The minimum Gasteiger partial charge on any atom is -0.599 e. The molecule has 0 amide bonds. The van der Waals surface area contributed by atoms with Crippen molar-refractivity contribution in [2.45, 2.75) is 25.4 Å². The Balaban J connectivity index is 0.00000140. The van der Waals surface area contributed by atoms with E-state index in [4.69, 9.17) is 4.74 Å². The van der Waals surface area contributed by atoms with Crippen molar-refractivity contribution in [2.75, 3.05) is 0 Å². The van der Waals surface area contributed by atoms with Crippen molar-refractivity contribution in [2.24, 2.45) is 0 Å². The van der Waals surface area contributed by atoms with Gasteiger partial charge < -0.3 is 29.4 Å². The van der Waals surface area contributed by atoms with Crippen molar-refractivity contribution in [3.8, 4) is 17.0 Å². The van der Waals surface area contributed by atoms with Gasteiger partial charge in [0.25, 0.3) is 0 Å². The Morgan fingerprint density at radius 3 is 2.71 bits per heavy atom. The summed E-state index contributed by atoms with van der Waals surface area (Å²) in [5, 5.41) is 14.4. The summed E-state index contributed by atoms with van der Waals surface area (Å²) in [7, 11) is 0. The van der Waals surface area contributed by atoms with Gasteiger partial charge in [-0.05, 0) is 31.0 Å². The predicted octanol–water partition coefficient (Wildman–Crippen LogP) is 1.05. The largest absolute Gasteiger partial charge is 1.00 e. The Labute approximate surface area is 206 Å². The zero-order valence-corrected chi connectivity index (χ0v) is 19.2. The fourth-order valence-electron chi connectivity index (χ4n) is 2.76. The average molecular weight is 403 g/mol. The van der Waals surface area contributed by atoms with Gasteiger partial charge in [-0.15, -0.1) is 13.2 Å². The van der Waals surface area contributed by atoms with Gasteiger partial charge in [-0.25, -0.2) is 9.50 Å². The molecule has 7 heteroatoms. The molecule has 3 aromatic rings. The molecule has 1 saturated carbocycles. The maximum absolute atomic E-state index is 14.3. The number of hydrogen-bond acceptors (Lipinski definition) is 4. The van der Waals surface area contributed by atoms with Crippen molar-refractivity contribution in [3.05, 3.63) is 80.1 Å². The summed E-state index contributed by atoms with van der Waals surface area (Å²) < 4.78 is 21.3. The van der Waals surface area contributed by atoms with Crippen LogP contribution in [-0.2, 0) is 5.60 Å². The van der Waals surface area contributed by atoms with E-state index < -0.39 is 11.5 Å². The molecule has 0 bridgehead atoms. The Kier molecular flexibility index (Phi) is 7.72. The van der Waals surface area contributed by atoms with Crippen molar-refractivity contribution in [1.82, 2.24) is 14.6 Å². The maximum atomic E-state index is 14.3. The van der Waals surface area contributed by atoms with E-state index in [9.17, 15) is 9.50 Å². The van der Waals surface area contributed by atoms with Crippen LogP contribution in [-0.4, -0.2) is 19.7 Å². The van der Waals surface area contributed by atoms with Crippen LogP contribution >= 0.6 is 0 Å². The summed E-state index contributed by atoms with van der Waals surface area (Å²) in [6, 6.07) is 6.91. The second kappa shape index (κ2) is 9.43. The molecule has 0 radical (unpaired) electrons. The van der Waals surface area contributed by atoms with E-state index in [0.717, 1.165) is 5.52 Å². The van der Waals surface area contributed by atoms with Gasteiger partial charge in [-0.3, -0.25) is 6.08 Å². The first kappa shape index (κ1) is 22.9. The van der Waals surface area contributed by atoms with Gasteiger partial charge in [-0.2, -0.15) is 9.49 Å². The second-order valence-corrected chi connectivity index (χ2v) is 6.16. The Bertz CT molecular complexity index is 1030. The van der Waals surface area contributed by atoms with E-state index in [1.54, 1.807) is 54.2 Å². The van der Waals surface area contributed by atoms with Crippen molar-refractivity contribution in [3.63, 3.8) is 0 Å². The first-order chi connectivity index (χ1) is 12.6. The molecule has 1 fully saturated rings. The molecule has 0 spiro atoms. The normalized spacial score (nSPS) is 14.8. The van der Waals surface area contributed by atoms with Gasteiger partial charge in [0.05, 0.1) is 23.0 Å². The van der Waals surface area contributed by atoms with Crippen LogP contribution in [0.2, 0.25) is 0 Å². The number of aromatic nitrogens is 3. The number of pyridine rings is 2. The van der Waals surface area contributed by atoms with E-state index in [0.29, 0.717) is 29.8 Å². The summed E-state index contributed by atoms with van der Waals surface area (Å²) in [4.78, 5) is 4.03. The van der Waals surface area contributed by atoms with Gasteiger partial charge in [0.2, 0.25) is 5.95 Å². The fourth-order valence-corrected chi connectivity index (χ4v) is 2.76. The molecule has 4 rings (SSSR count). The van der Waals surface area contributed by atoms with Crippen molar-refractivity contribution < 1.29 is 65.6 Å². The van der Waals surface area contributed by atoms with E-state index in [-0.39, 0.29) is 64.4 Å². The monoisotopic (exact) mass is 403 g/mol. The van der Waals surface area contributed by atoms with Gasteiger partial charge in [-0.1, -0.05) is 6.07 Å². The van der Waals surface area contributed by atoms with Crippen LogP contribution in [0, 0.1) is 25.7 Å². The molecule has 3 heterocycles. The van der Waals surface area contributed by atoms with Gasteiger partial charge in [0.15, 0.2) is 0 Å². The number of aliphatic hydroxyl groups is 1. The number of rotatable bonds is 5. The van der Waals surface area contributed by atoms with Gasteiger partial charge in [0, 0.05) is 23.1 Å². The molecular formula is C21H19FKN3O2-2. The molecule has 0 saturated heterocycles. The van der Waals surface area contributed by atoms with Crippen molar-refractivity contribution >= 4 is 5.52 Å². The van der Waals surface area contributed by atoms with E-state index >= 15 is 0 Å². The van der Waals surface area contributed by atoms with Crippen LogP contribution in [0.4, 0.5) is 4.39 Å². The third-order valence-electron chi connectivity index (χ3n) is 4.33. The summed E-state index contributed by atoms with van der Waals surface area (Å²) >= 11 is 0. The van der Waals surface area contributed by atoms with Gasteiger partial charge >= 0.3 is 51.4 Å². The first-order valence-electron chi connectivity index (χ1n) is 8.22. The molecule has 3 aromatic heterocycles. The van der Waals surface area contributed by atoms with Crippen LogP contribution < -0.4 is 56.1 Å². The summed E-state index contributed by atoms with van der Waals surface area (Å²) in [5.74, 6) is -0.0688. The first-order valence-corrected chi connectivity index (χ1v) is 8.22. The number of allylic oxidation sites excluding steroid dienone is 3. The quantitative estimate of drug-likeness (QED) is 0.227. The van der Waals surface area contributed by atoms with E-state index in [1.165, 1.54) is 0 Å². The summed E-state index contributed by atoms with van der Waals surface area (Å²) in [6.07, 6.45) is 13.3. The van der Waals surface area contributed by atoms with Crippen molar-refractivity contribution in [1.29, 1.82) is 0 Å². The van der Waals surface area contributed by atoms with Crippen LogP contribution in [0.15, 0.2) is 48.8 Å². The maximum Gasteiger partial charge on any atom is 1.00 e. The van der Waals surface area contributed by atoms with E-state index in [1.807, 2.05) is 6.07 Å². The number of halogens is 1. The molecule has 0 aliphatic heterocycles. The third kappa shape index (κ3) is 4.61. The fraction of sp³-hybridized carbons (Fsp3) is 0.190. The number of fused-ring (bicyclic) bond motifs is 1. The molecule has 1 N–H and O–H groups in total. The minimum absolute atomic E-state index is 0. The predicted molar refractivity (Wildman–Crippen MR) is 99.9 cm³/mol. The van der Waals surface area contributed by atoms with E-state index in [2.05, 4.69) is 22.4 Å². The molecule has 5 nitrogen and oxygen atoms in total. The second-order valence-electron chi connectivity index (χ2n) is 6.16. The number of hydrogen-bond donors (Lipinski definition) is 1. The molecule has 0 aromatic carbocycles. The molecule has 1 aliphatic carbocycles. The van der Waals surface area contributed by atoms with Crippen LogP contribution in [0.25, 0.3) is 16.8 Å². The molecular weight excluding hydrogens is 384 g/mol. The van der Waals surface area contributed by atoms with Crippen LogP contribution in [0.1, 0.15) is 25.3 Å². The van der Waals surface area contributed by atoms with Crippen LogP contribution in [0.3, 0.4) is 0 Å². The molecule has 0 atom stereocenters. The Morgan fingerprint density at radius 2 is 2.04 bits per heavy atom. The zero-order valence-electron chi connectivity index (χ0n) is 16.1. The average Bonchev–Trinajstić information content (AvgIpc) is 3.24. The topological polar surface area (TPSA) is 59.7 Å². The third-order valence-corrected chi connectivity index (χ3v) is 4.33. The Hall–Kier alpha value is -1.35. The molecule has 28 heavy (non-hydrogen) atoms. The number of ether oxygens (including phenoxy) is 1. The molecule has 0 unspecified atom stereocenters. The summed E-state index contributed by atoms with van der Waals surface area (Å²) in [6.45, 7) is 1.78. The molecule has 140 valence electrons. The Morgan fingerprint density at radius 1 is 1.25 bits per heavy atom. The zero-order chi connectivity index (χ0) is 18.1. The number of nitrogens with zero attached hydrogens (tertiary/aromatic N) is 3. The van der Waals surface area contributed by atoms with Crippen LogP contribution in [0.5, 0.6) is 5.75 Å². The van der Waals surface area contributed by atoms with Gasteiger partial charge in [0.1, 0.15) is 0 Å². The minimum atomic E-state index is -1.04. The SMILES string of the molecule is C[C-]=CC=[C-]Oc1ccc2c(-c3ccc(C4(O)CC4)c(F)n3)cnn2c1.[CH3-].[K+]. The summed E-state index contributed by atoms with van der Waals surface area (Å²) in [5.41, 5.74) is 1.15. The standard InChI is InChI=1S/C20H16FN3O2.CH3.K/c1-2-3-4-11-26-14-5-8-18-15(12-22-24(18)13-14)17-7-6-16(19(21)23-17)20(25)9-10-20;;/h3-8,12-13,25H,9-10H2,1H3;1H3;/q-2;-1;+1.